The molecule has 202 valence electrons. The van der Waals surface area contributed by atoms with Crippen molar-refractivity contribution in [3.05, 3.63) is 125 Å². The van der Waals surface area contributed by atoms with Crippen molar-refractivity contribution in [2.75, 3.05) is 7.11 Å². The third-order valence-corrected chi connectivity index (χ3v) is 6.61. The number of aromatic nitrogens is 2. The summed E-state index contributed by atoms with van der Waals surface area (Å²) in [7, 11) is 1.61. The zero-order valence-corrected chi connectivity index (χ0v) is 22.4. The highest BCUT2D eigenvalue weighted by atomic mass is 35.5. The molecule has 0 aliphatic heterocycles. The van der Waals surface area contributed by atoms with Crippen molar-refractivity contribution in [2.24, 2.45) is 0 Å². The quantitative estimate of drug-likeness (QED) is 0.196. The summed E-state index contributed by atoms with van der Waals surface area (Å²) in [4.78, 5) is 11.5. The van der Waals surface area contributed by atoms with E-state index in [-0.39, 0.29) is 18.8 Å². The van der Waals surface area contributed by atoms with Gasteiger partial charge in [-0.2, -0.15) is 5.10 Å². The lowest BCUT2D eigenvalue weighted by molar-refractivity contribution is -0.136. The third kappa shape index (κ3) is 6.33. The lowest BCUT2D eigenvalue weighted by atomic mass is 10.0. The molecule has 0 amide bonds. The van der Waals surface area contributed by atoms with Crippen LogP contribution in [0.1, 0.15) is 16.7 Å². The maximum Gasteiger partial charge on any atom is 0.307 e. The highest BCUT2D eigenvalue weighted by Crippen LogP contribution is 2.35. The molecule has 5 aromatic rings. The molecular weight excluding hydrogens is 531 g/mol. The maximum absolute atomic E-state index is 14.3. The number of hydrogen-bond acceptors (Lipinski definition) is 4. The molecule has 1 aromatic heterocycles. The van der Waals surface area contributed by atoms with Crippen molar-refractivity contribution in [1.29, 1.82) is 0 Å². The smallest absolute Gasteiger partial charge is 0.307 e. The Hall–Kier alpha value is -4.62. The molecule has 0 atom stereocenters. The number of carboxylic acids is 1. The summed E-state index contributed by atoms with van der Waals surface area (Å²) in [6.45, 7) is 0.619. The average Bonchev–Trinajstić information content (AvgIpc) is 3.36. The van der Waals surface area contributed by atoms with E-state index in [0.29, 0.717) is 51.1 Å². The van der Waals surface area contributed by atoms with Gasteiger partial charge in [-0.05, 0) is 59.7 Å². The predicted octanol–water partition coefficient (Wildman–Crippen LogP) is 7.27. The van der Waals surface area contributed by atoms with E-state index in [2.05, 4.69) is 0 Å². The lowest BCUT2D eigenvalue weighted by Crippen LogP contribution is -2.06. The van der Waals surface area contributed by atoms with Crippen LogP contribution < -0.4 is 9.47 Å². The van der Waals surface area contributed by atoms with Crippen LogP contribution in [0.25, 0.3) is 22.5 Å². The monoisotopic (exact) mass is 556 g/mol. The fourth-order valence-electron chi connectivity index (χ4n) is 4.52. The number of aliphatic carboxylic acids is 1. The molecule has 0 fully saturated rings. The summed E-state index contributed by atoms with van der Waals surface area (Å²) in [6, 6.07) is 28.4. The van der Waals surface area contributed by atoms with Crippen LogP contribution in [-0.2, 0) is 24.4 Å². The first-order valence-corrected chi connectivity index (χ1v) is 13.0. The Morgan fingerprint density at radius 1 is 0.925 bits per heavy atom. The lowest BCUT2D eigenvalue weighted by Gasteiger charge is -2.12. The van der Waals surface area contributed by atoms with Gasteiger partial charge in [-0.25, -0.2) is 4.39 Å². The van der Waals surface area contributed by atoms with E-state index in [9.17, 15) is 14.3 Å². The summed E-state index contributed by atoms with van der Waals surface area (Å²) in [5.74, 6) is -0.0700. The minimum absolute atomic E-state index is 0.153. The number of carbonyl (C=O) groups is 1. The molecule has 0 spiro atoms. The molecule has 6 nitrogen and oxygen atoms in total. The molecule has 0 saturated heterocycles. The van der Waals surface area contributed by atoms with Crippen molar-refractivity contribution >= 4 is 17.6 Å². The SMILES string of the molecule is COc1ccccc1Cn1nc(-c2cc(CC(=O)O)ccc2OCc2cccc(Cl)c2)cc1-c1cccc(F)c1. The summed E-state index contributed by atoms with van der Waals surface area (Å²) >= 11 is 6.14. The second kappa shape index (κ2) is 12.1. The molecule has 1 heterocycles. The zero-order valence-electron chi connectivity index (χ0n) is 21.7. The number of benzene rings is 4. The van der Waals surface area contributed by atoms with Crippen LogP contribution in [0.2, 0.25) is 5.02 Å². The van der Waals surface area contributed by atoms with E-state index in [1.807, 2.05) is 54.6 Å². The van der Waals surface area contributed by atoms with Crippen LogP contribution in [0.4, 0.5) is 4.39 Å². The standard InChI is InChI=1S/C32H26ClFN2O4/c1-39-30-11-3-2-7-24(30)19-36-29(23-8-5-10-26(34)17-23)18-28(35-36)27-15-21(16-32(37)38)12-13-31(27)40-20-22-6-4-9-25(33)14-22/h2-15,17-18H,16,19-20H2,1H3,(H,37,38). The third-order valence-electron chi connectivity index (χ3n) is 6.37. The minimum atomic E-state index is -0.944. The van der Waals surface area contributed by atoms with E-state index < -0.39 is 5.97 Å². The van der Waals surface area contributed by atoms with Gasteiger partial charge in [-0.3, -0.25) is 9.48 Å². The molecule has 1 N–H and O–H groups in total. The van der Waals surface area contributed by atoms with Gasteiger partial charge in [0.2, 0.25) is 0 Å². The summed E-state index contributed by atoms with van der Waals surface area (Å²) in [5, 5.41) is 14.9. The molecule has 0 aliphatic carbocycles. The zero-order chi connectivity index (χ0) is 28.1. The van der Waals surface area contributed by atoms with Gasteiger partial charge in [0, 0.05) is 21.7 Å². The summed E-state index contributed by atoms with van der Waals surface area (Å²) < 4.78 is 27.8. The number of ether oxygens (including phenoxy) is 2. The van der Waals surface area contributed by atoms with Crippen LogP contribution in [0, 0.1) is 5.82 Å². The summed E-state index contributed by atoms with van der Waals surface area (Å²) in [6.07, 6.45) is -0.153. The van der Waals surface area contributed by atoms with Gasteiger partial charge in [0.05, 0.1) is 31.5 Å². The summed E-state index contributed by atoms with van der Waals surface area (Å²) in [5.41, 5.74) is 4.90. The van der Waals surface area contributed by atoms with Crippen molar-refractivity contribution in [3.8, 4) is 34.0 Å². The van der Waals surface area contributed by atoms with Crippen molar-refractivity contribution in [2.45, 2.75) is 19.6 Å². The van der Waals surface area contributed by atoms with Crippen molar-refractivity contribution in [1.82, 2.24) is 9.78 Å². The van der Waals surface area contributed by atoms with Crippen LogP contribution >= 0.6 is 11.6 Å². The van der Waals surface area contributed by atoms with Gasteiger partial charge in [-0.15, -0.1) is 0 Å². The molecular formula is C32H26ClFN2O4. The van der Waals surface area contributed by atoms with Gasteiger partial charge in [0.25, 0.3) is 0 Å². The number of para-hydroxylation sites is 1. The van der Waals surface area contributed by atoms with E-state index >= 15 is 0 Å². The van der Waals surface area contributed by atoms with E-state index in [1.165, 1.54) is 12.1 Å². The normalized spacial score (nSPS) is 10.9. The largest absolute Gasteiger partial charge is 0.496 e. The van der Waals surface area contributed by atoms with Gasteiger partial charge in [0.15, 0.2) is 0 Å². The fourth-order valence-corrected chi connectivity index (χ4v) is 4.73. The highest BCUT2D eigenvalue weighted by molar-refractivity contribution is 6.30. The molecule has 0 bridgehead atoms. The number of halogens is 2. The molecule has 40 heavy (non-hydrogen) atoms. The van der Waals surface area contributed by atoms with E-state index in [1.54, 1.807) is 42.1 Å². The molecule has 4 aromatic carbocycles. The molecule has 0 aliphatic rings. The highest BCUT2D eigenvalue weighted by Gasteiger charge is 2.18. The second-order valence-corrected chi connectivity index (χ2v) is 9.65. The number of carboxylic acid groups (broad SMARTS) is 1. The average molecular weight is 557 g/mol. The van der Waals surface area contributed by atoms with Gasteiger partial charge < -0.3 is 14.6 Å². The first-order valence-electron chi connectivity index (χ1n) is 12.6. The molecule has 0 saturated carbocycles. The predicted molar refractivity (Wildman–Crippen MR) is 152 cm³/mol. The topological polar surface area (TPSA) is 73.6 Å². The van der Waals surface area contributed by atoms with Crippen LogP contribution in [0.15, 0.2) is 97.1 Å². The van der Waals surface area contributed by atoms with Crippen LogP contribution in [0.3, 0.4) is 0 Å². The fraction of sp³-hybridized carbons (Fsp3) is 0.125. The molecule has 8 heteroatoms. The first kappa shape index (κ1) is 27.0. The van der Waals surface area contributed by atoms with E-state index in [0.717, 1.165) is 11.1 Å². The number of methoxy groups -OCH3 is 1. The second-order valence-electron chi connectivity index (χ2n) is 9.21. The Labute approximate surface area is 236 Å². The Kier molecular flexibility index (Phi) is 8.12. The Morgan fingerprint density at radius 3 is 2.52 bits per heavy atom. The molecule has 5 rings (SSSR count). The van der Waals surface area contributed by atoms with Crippen LogP contribution in [0.5, 0.6) is 11.5 Å². The van der Waals surface area contributed by atoms with Crippen molar-refractivity contribution in [3.63, 3.8) is 0 Å². The molecule has 0 unspecified atom stereocenters. The van der Waals surface area contributed by atoms with Gasteiger partial charge in [-0.1, -0.05) is 60.1 Å². The first-order chi connectivity index (χ1) is 19.4. The Bertz CT molecular complexity index is 1670. The maximum atomic E-state index is 14.3. The Balaban J connectivity index is 1.60. The minimum Gasteiger partial charge on any atom is -0.496 e. The number of hydrogen-bond donors (Lipinski definition) is 1. The van der Waals surface area contributed by atoms with Crippen molar-refractivity contribution < 1.29 is 23.8 Å². The molecule has 0 radical (unpaired) electrons. The van der Waals surface area contributed by atoms with Gasteiger partial charge >= 0.3 is 5.97 Å². The number of nitrogens with zero attached hydrogens (tertiary/aromatic N) is 2. The van der Waals surface area contributed by atoms with Gasteiger partial charge in [0.1, 0.15) is 23.9 Å². The van der Waals surface area contributed by atoms with Crippen LogP contribution in [-0.4, -0.2) is 28.0 Å². The number of rotatable bonds is 10. The Morgan fingerprint density at radius 2 is 1.75 bits per heavy atom. The van der Waals surface area contributed by atoms with E-state index in [4.69, 9.17) is 26.2 Å².